The van der Waals surface area contributed by atoms with Gasteiger partial charge in [0.15, 0.2) is 0 Å². The number of rotatable bonds is 4. The first-order chi connectivity index (χ1) is 23.8. The lowest BCUT2D eigenvalue weighted by atomic mass is 9.87. The summed E-state index contributed by atoms with van der Waals surface area (Å²) in [7, 11) is 0. The van der Waals surface area contributed by atoms with Gasteiger partial charge in [-0.1, -0.05) is 170 Å². The minimum absolute atomic E-state index is 1.23. The molecule has 0 aliphatic heterocycles. The first-order valence-electron chi connectivity index (χ1n) is 16.7. The second-order valence-corrected chi connectivity index (χ2v) is 12.9. The summed E-state index contributed by atoms with van der Waals surface area (Å²) >= 11 is 0. The normalized spacial score (nSPS) is 11.8. The van der Waals surface area contributed by atoms with E-state index < -0.39 is 0 Å². The molecule has 0 N–H and O–H groups in total. The van der Waals surface area contributed by atoms with Gasteiger partial charge in [0.2, 0.25) is 0 Å². The molecule has 0 heterocycles. The van der Waals surface area contributed by atoms with Gasteiger partial charge in [0.25, 0.3) is 0 Å². The molecule has 48 heavy (non-hydrogen) atoms. The van der Waals surface area contributed by atoms with Crippen LogP contribution in [0.2, 0.25) is 0 Å². The molecule has 0 saturated heterocycles. The van der Waals surface area contributed by atoms with Gasteiger partial charge in [-0.25, -0.2) is 0 Å². The van der Waals surface area contributed by atoms with Crippen molar-refractivity contribution < 1.29 is 0 Å². The predicted octanol–water partition coefficient (Wildman–Crippen LogP) is 13.6. The molecule has 0 aromatic heterocycles. The summed E-state index contributed by atoms with van der Waals surface area (Å²) in [5, 5.41) is 12.9. The van der Waals surface area contributed by atoms with Gasteiger partial charge in [0.1, 0.15) is 0 Å². The van der Waals surface area contributed by atoms with Crippen LogP contribution in [0.4, 0.5) is 0 Å². The Kier molecular flexibility index (Phi) is 5.98. The van der Waals surface area contributed by atoms with Crippen LogP contribution in [-0.2, 0) is 0 Å². The molecule has 0 bridgehead atoms. The Morgan fingerprint density at radius 2 is 0.542 bits per heavy atom. The molecule has 0 spiro atoms. The van der Waals surface area contributed by atoms with Crippen LogP contribution in [0.25, 0.3) is 98.4 Å². The van der Waals surface area contributed by atoms with Crippen LogP contribution in [0.3, 0.4) is 0 Å². The molecule has 0 nitrogen and oxygen atoms in total. The Balaban J connectivity index is 1.05. The largest absolute Gasteiger partial charge is 0.0616 e. The zero-order chi connectivity index (χ0) is 31.6. The van der Waals surface area contributed by atoms with Crippen molar-refractivity contribution >= 4 is 53.9 Å². The highest BCUT2D eigenvalue weighted by Gasteiger charge is 2.15. The van der Waals surface area contributed by atoms with Crippen LogP contribution in [0, 0.1) is 0 Å². The minimum Gasteiger partial charge on any atom is -0.0616 e. The van der Waals surface area contributed by atoms with Crippen molar-refractivity contribution in [1.29, 1.82) is 0 Å². The average molecular weight is 607 g/mol. The molecule has 0 atom stereocenters. The zero-order valence-electron chi connectivity index (χ0n) is 26.3. The fraction of sp³-hybridized carbons (Fsp3) is 0. The third-order valence-corrected chi connectivity index (χ3v) is 10.2. The molecule has 0 amide bonds. The molecule has 0 heteroatoms. The van der Waals surface area contributed by atoms with E-state index in [1.165, 1.54) is 98.4 Å². The zero-order valence-corrected chi connectivity index (χ0v) is 26.3. The Hall–Kier alpha value is -6.24. The Morgan fingerprint density at radius 1 is 0.208 bits per heavy atom. The number of fused-ring (bicyclic) bond motifs is 2. The van der Waals surface area contributed by atoms with E-state index in [9.17, 15) is 0 Å². The van der Waals surface area contributed by atoms with Crippen molar-refractivity contribution in [3.63, 3.8) is 0 Å². The highest BCUT2D eigenvalue weighted by atomic mass is 14.2. The van der Waals surface area contributed by atoms with Gasteiger partial charge in [-0.3, -0.25) is 0 Å². The van der Waals surface area contributed by atoms with Gasteiger partial charge in [0, 0.05) is 0 Å². The maximum atomic E-state index is 2.31. The minimum atomic E-state index is 1.23. The van der Waals surface area contributed by atoms with E-state index in [4.69, 9.17) is 0 Å². The summed E-state index contributed by atoms with van der Waals surface area (Å²) < 4.78 is 0. The fourth-order valence-electron chi connectivity index (χ4n) is 7.73. The maximum Gasteiger partial charge on any atom is -0.00203 e. The molecule has 10 aromatic rings. The van der Waals surface area contributed by atoms with Gasteiger partial charge in [0.05, 0.1) is 0 Å². The first kappa shape index (κ1) is 26.9. The maximum absolute atomic E-state index is 2.31. The average Bonchev–Trinajstić information content (AvgIpc) is 3.16. The second-order valence-electron chi connectivity index (χ2n) is 12.9. The summed E-state index contributed by atoms with van der Waals surface area (Å²) in [5.41, 5.74) is 9.97. The van der Waals surface area contributed by atoms with Crippen LogP contribution in [-0.4, -0.2) is 0 Å². The topological polar surface area (TPSA) is 0 Å². The van der Waals surface area contributed by atoms with Crippen molar-refractivity contribution in [3.05, 3.63) is 182 Å². The third-order valence-electron chi connectivity index (χ3n) is 10.2. The van der Waals surface area contributed by atoms with Gasteiger partial charge >= 0.3 is 0 Å². The summed E-state index contributed by atoms with van der Waals surface area (Å²) in [6.45, 7) is 0. The van der Waals surface area contributed by atoms with E-state index in [1.54, 1.807) is 0 Å². The molecule has 222 valence electrons. The monoisotopic (exact) mass is 606 g/mol. The summed E-state index contributed by atoms with van der Waals surface area (Å²) in [4.78, 5) is 0. The molecule has 0 fully saturated rings. The smallest absolute Gasteiger partial charge is 0.00203 e. The van der Waals surface area contributed by atoms with Crippen molar-refractivity contribution in [2.75, 3.05) is 0 Å². The van der Waals surface area contributed by atoms with Crippen LogP contribution < -0.4 is 0 Å². The van der Waals surface area contributed by atoms with E-state index in [0.29, 0.717) is 0 Å². The number of hydrogen-bond donors (Lipinski definition) is 0. The quantitative estimate of drug-likeness (QED) is 0.175. The first-order valence-corrected chi connectivity index (χ1v) is 16.7. The predicted molar refractivity (Wildman–Crippen MR) is 207 cm³/mol. The molecule has 10 aromatic carbocycles. The van der Waals surface area contributed by atoms with Crippen molar-refractivity contribution in [3.8, 4) is 44.5 Å². The van der Waals surface area contributed by atoms with Crippen LogP contribution in [0.15, 0.2) is 182 Å². The SMILES string of the molecule is c1ccc2cc(-c3ccc(-c4ccc5ccc6c(-c7ccc(-c8ccc9ccccc9c8)cc7)ccc7ccc4c5c76)cc3)ccc2c1. The molecule has 0 saturated carbocycles. The second kappa shape index (κ2) is 10.7. The highest BCUT2D eigenvalue weighted by Crippen LogP contribution is 2.43. The van der Waals surface area contributed by atoms with Crippen molar-refractivity contribution in [2.24, 2.45) is 0 Å². The standard InChI is InChI=1S/C48H30/c1-3-7-39-29-41(19-13-31(39)5-1)33-9-15-35(16-10-33)43-25-21-37-24-28-46-44(26-22-38-23-27-45(43)47(37)48(38)46)36-17-11-34(12-18-36)42-20-14-32-6-2-4-8-40(32)30-42/h1-30H. The van der Waals surface area contributed by atoms with Crippen LogP contribution in [0.1, 0.15) is 0 Å². The summed E-state index contributed by atoms with van der Waals surface area (Å²) in [5.74, 6) is 0. The van der Waals surface area contributed by atoms with Gasteiger partial charge < -0.3 is 0 Å². The molecule has 10 rings (SSSR count). The van der Waals surface area contributed by atoms with Crippen molar-refractivity contribution in [2.45, 2.75) is 0 Å². The lowest BCUT2D eigenvalue weighted by Gasteiger charge is -2.17. The molecular weight excluding hydrogens is 577 g/mol. The van der Waals surface area contributed by atoms with E-state index >= 15 is 0 Å². The van der Waals surface area contributed by atoms with E-state index in [0.717, 1.165) is 0 Å². The Morgan fingerprint density at radius 3 is 0.979 bits per heavy atom. The van der Waals surface area contributed by atoms with Crippen LogP contribution >= 0.6 is 0 Å². The Bertz CT molecular complexity index is 2600. The van der Waals surface area contributed by atoms with E-state index in [-0.39, 0.29) is 0 Å². The number of benzene rings is 10. The van der Waals surface area contributed by atoms with Gasteiger partial charge in [-0.05, 0) is 111 Å². The third kappa shape index (κ3) is 4.31. The Labute approximate surface area is 279 Å². The molecule has 0 aliphatic carbocycles. The number of hydrogen-bond acceptors (Lipinski definition) is 0. The molecule has 0 radical (unpaired) electrons. The van der Waals surface area contributed by atoms with E-state index in [1.807, 2.05) is 0 Å². The lowest BCUT2D eigenvalue weighted by molar-refractivity contribution is 1.62. The van der Waals surface area contributed by atoms with Gasteiger partial charge in [-0.2, -0.15) is 0 Å². The van der Waals surface area contributed by atoms with Gasteiger partial charge in [-0.15, -0.1) is 0 Å². The fourth-order valence-corrected chi connectivity index (χ4v) is 7.73. The summed E-state index contributed by atoms with van der Waals surface area (Å²) in [6.07, 6.45) is 0. The van der Waals surface area contributed by atoms with Crippen molar-refractivity contribution in [1.82, 2.24) is 0 Å². The summed E-state index contributed by atoms with van der Waals surface area (Å²) in [6, 6.07) is 67.1. The van der Waals surface area contributed by atoms with Crippen LogP contribution in [0.5, 0.6) is 0 Å². The lowest BCUT2D eigenvalue weighted by Crippen LogP contribution is -1.90. The molecule has 0 unspecified atom stereocenters. The highest BCUT2D eigenvalue weighted by molar-refractivity contribution is 6.27. The molecular formula is C48H30. The molecule has 0 aliphatic rings. The van der Waals surface area contributed by atoms with E-state index in [2.05, 4.69) is 182 Å².